The van der Waals surface area contributed by atoms with E-state index in [1.807, 2.05) is 36.4 Å². The number of rotatable bonds is 3. The molecule has 2 N–H and O–H groups in total. The van der Waals surface area contributed by atoms with E-state index in [4.69, 9.17) is 0 Å². The number of carbonyl (C=O) groups excluding carboxylic acids is 1. The molecule has 0 unspecified atom stereocenters. The zero-order valence-electron chi connectivity index (χ0n) is 13.2. The smallest absolute Gasteiger partial charge is 0.257 e. The summed E-state index contributed by atoms with van der Waals surface area (Å²) in [5, 5.41) is 9.79. The average molecular weight is 435 g/mol. The lowest BCUT2D eigenvalue weighted by molar-refractivity contribution is 0.102. The number of aryl methyl sites for hydroxylation is 2. The van der Waals surface area contributed by atoms with Crippen molar-refractivity contribution in [3.63, 3.8) is 0 Å². The lowest BCUT2D eigenvalue weighted by Crippen LogP contribution is -2.13. The van der Waals surface area contributed by atoms with Crippen molar-refractivity contribution in [1.29, 1.82) is 0 Å². The van der Waals surface area contributed by atoms with Crippen molar-refractivity contribution in [3.05, 3.63) is 68.5 Å². The number of hydrogen-bond acceptors (Lipinski definition) is 2. The Kier molecular flexibility index (Phi) is 4.66. The van der Waals surface area contributed by atoms with Crippen LogP contribution < -0.4 is 5.32 Å². The summed E-state index contributed by atoms with van der Waals surface area (Å²) in [7, 11) is 0. The molecule has 4 nitrogen and oxygen atoms in total. The van der Waals surface area contributed by atoms with Crippen LogP contribution in [0.4, 0.5) is 10.2 Å². The molecule has 3 aromatic rings. The minimum absolute atomic E-state index is 0.321. The molecule has 0 atom stereocenters. The molecule has 0 bridgehead atoms. The standard InChI is InChI=1S/C18H15FIN3O/c1-10-5-11(2)7-12(6-10)16-9-17(23-22-16)21-18(24)14-4-3-13(19)8-15(14)20/h3-9H,1-2H3,(H2,21,22,23,24). The molecule has 0 radical (unpaired) electrons. The largest absolute Gasteiger partial charge is 0.305 e. The highest BCUT2D eigenvalue weighted by Crippen LogP contribution is 2.23. The Morgan fingerprint density at radius 1 is 1.12 bits per heavy atom. The van der Waals surface area contributed by atoms with Crippen LogP contribution in [0.2, 0.25) is 0 Å². The second-order valence-corrected chi connectivity index (χ2v) is 6.78. The number of nitrogens with zero attached hydrogens (tertiary/aromatic N) is 1. The van der Waals surface area contributed by atoms with Crippen LogP contribution in [0.1, 0.15) is 21.5 Å². The molecule has 6 heteroatoms. The van der Waals surface area contributed by atoms with E-state index < -0.39 is 0 Å². The molecule has 0 spiro atoms. The molecule has 1 heterocycles. The third-order valence-corrected chi connectivity index (χ3v) is 4.42. The number of carbonyl (C=O) groups is 1. The van der Waals surface area contributed by atoms with Gasteiger partial charge in [-0.1, -0.05) is 17.2 Å². The van der Waals surface area contributed by atoms with Crippen molar-refractivity contribution < 1.29 is 9.18 Å². The van der Waals surface area contributed by atoms with Gasteiger partial charge in [0, 0.05) is 15.2 Å². The molecular weight excluding hydrogens is 420 g/mol. The second-order valence-electron chi connectivity index (χ2n) is 5.62. The predicted molar refractivity (Wildman–Crippen MR) is 101 cm³/mol. The summed E-state index contributed by atoms with van der Waals surface area (Å²) < 4.78 is 13.7. The number of anilines is 1. The van der Waals surface area contributed by atoms with E-state index in [-0.39, 0.29) is 11.7 Å². The van der Waals surface area contributed by atoms with E-state index >= 15 is 0 Å². The zero-order valence-corrected chi connectivity index (χ0v) is 15.3. The quantitative estimate of drug-likeness (QED) is 0.587. The van der Waals surface area contributed by atoms with Crippen molar-refractivity contribution >= 4 is 34.3 Å². The lowest BCUT2D eigenvalue weighted by Gasteiger charge is -2.04. The van der Waals surface area contributed by atoms with Gasteiger partial charge in [-0.2, -0.15) is 5.10 Å². The third-order valence-electron chi connectivity index (χ3n) is 3.53. The van der Waals surface area contributed by atoms with E-state index in [1.54, 1.807) is 6.07 Å². The summed E-state index contributed by atoms with van der Waals surface area (Å²) >= 11 is 1.94. The van der Waals surface area contributed by atoms with Gasteiger partial charge in [0.1, 0.15) is 5.82 Å². The van der Waals surface area contributed by atoms with Crippen molar-refractivity contribution in [2.75, 3.05) is 5.32 Å². The summed E-state index contributed by atoms with van der Waals surface area (Å²) in [5.41, 5.74) is 4.56. The van der Waals surface area contributed by atoms with Gasteiger partial charge in [0.2, 0.25) is 0 Å². The maximum atomic E-state index is 13.1. The Morgan fingerprint density at radius 3 is 2.50 bits per heavy atom. The van der Waals surface area contributed by atoms with Gasteiger partial charge in [0.05, 0.1) is 11.3 Å². The van der Waals surface area contributed by atoms with E-state index in [2.05, 4.69) is 33.7 Å². The minimum Gasteiger partial charge on any atom is -0.305 e. The van der Waals surface area contributed by atoms with Gasteiger partial charge in [0.25, 0.3) is 5.91 Å². The van der Waals surface area contributed by atoms with Crippen molar-refractivity contribution in [2.45, 2.75) is 13.8 Å². The molecule has 1 amide bonds. The number of hydrogen-bond donors (Lipinski definition) is 2. The molecule has 0 saturated heterocycles. The van der Waals surface area contributed by atoms with Crippen LogP contribution in [0.15, 0.2) is 42.5 Å². The third kappa shape index (κ3) is 3.64. The van der Waals surface area contributed by atoms with Crippen LogP contribution >= 0.6 is 22.6 Å². The number of benzene rings is 2. The van der Waals surface area contributed by atoms with Crippen LogP contribution in [0.3, 0.4) is 0 Å². The fourth-order valence-corrected chi connectivity index (χ4v) is 3.24. The van der Waals surface area contributed by atoms with Gasteiger partial charge in [-0.25, -0.2) is 4.39 Å². The van der Waals surface area contributed by atoms with E-state index in [1.165, 1.54) is 18.2 Å². The molecule has 122 valence electrons. The highest BCUT2D eigenvalue weighted by molar-refractivity contribution is 14.1. The van der Waals surface area contributed by atoms with Gasteiger partial charge in [-0.3, -0.25) is 9.89 Å². The first-order valence-corrected chi connectivity index (χ1v) is 8.41. The van der Waals surface area contributed by atoms with Crippen molar-refractivity contribution in [2.24, 2.45) is 0 Å². The van der Waals surface area contributed by atoms with Crippen LogP contribution in [0.25, 0.3) is 11.3 Å². The predicted octanol–water partition coefficient (Wildman–Crippen LogP) is 4.69. The number of amides is 1. The number of H-pyrrole nitrogens is 1. The molecule has 0 aliphatic heterocycles. The Labute approximate surface area is 152 Å². The Hall–Kier alpha value is -2.22. The van der Waals surface area contributed by atoms with Crippen LogP contribution in [-0.2, 0) is 0 Å². The monoisotopic (exact) mass is 435 g/mol. The molecule has 3 rings (SSSR count). The minimum atomic E-state index is -0.368. The summed E-state index contributed by atoms with van der Waals surface area (Å²) in [6.07, 6.45) is 0. The van der Waals surface area contributed by atoms with Gasteiger partial charge in [0.15, 0.2) is 5.82 Å². The maximum absolute atomic E-state index is 13.1. The first-order chi connectivity index (χ1) is 11.4. The first kappa shape index (κ1) is 16.6. The molecule has 24 heavy (non-hydrogen) atoms. The Bertz CT molecular complexity index is 900. The van der Waals surface area contributed by atoms with Gasteiger partial charge in [-0.15, -0.1) is 0 Å². The Morgan fingerprint density at radius 2 is 1.83 bits per heavy atom. The molecule has 0 aliphatic carbocycles. The van der Waals surface area contributed by atoms with Crippen LogP contribution in [0.5, 0.6) is 0 Å². The van der Waals surface area contributed by atoms with Gasteiger partial charge >= 0.3 is 0 Å². The number of halogens is 2. The van der Waals surface area contributed by atoms with Gasteiger partial charge < -0.3 is 5.32 Å². The molecule has 0 fully saturated rings. The normalized spacial score (nSPS) is 10.7. The molecule has 1 aromatic heterocycles. The van der Waals surface area contributed by atoms with Crippen molar-refractivity contribution in [1.82, 2.24) is 10.2 Å². The van der Waals surface area contributed by atoms with E-state index in [9.17, 15) is 9.18 Å². The fourth-order valence-electron chi connectivity index (χ4n) is 2.52. The summed E-state index contributed by atoms with van der Waals surface area (Å²) in [5.74, 6) is -0.264. The molecule has 2 aromatic carbocycles. The highest BCUT2D eigenvalue weighted by Gasteiger charge is 2.13. The van der Waals surface area contributed by atoms with E-state index in [0.717, 1.165) is 22.4 Å². The van der Waals surface area contributed by atoms with Crippen LogP contribution in [0, 0.1) is 23.2 Å². The average Bonchev–Trinajstić information content (AvgIpc) is 2.94. The second kappa shape index (κ2) is 6.72. The molecular formula is C18H15FIN3O. The molecule has 0 saturated carbocycles. The van der Waals surface area contributed by atoms with E-state index in [0.29, 0.717) is 15.0 Å². The summed E-state index contributed by atoms with van der Waals surface area (Å²) in [4.78, 5) is 12.3. The highest BCUT2D eigenvalue weighted by atomic mass is 127. The summed E-state index contributed by atoms with van der Waals surface area (Å²) in [6.45, 7) is 4.07. The number of aromatic nitrogens is 2. The number of nitrogens with one attached hydrogen (secondary N) is 2. The topological polar surface area (TPSA) is 57.8 Å². The van der Waals surface area contributed by atoms with Crippen LogP contribution in [-0.4, -0.2) is 16.1 Å². The Balaban J connectivity index is 1.82. The SMILES string of the molecule is Cc1cc(C)cc(-c2cc(NC(=O)c3ccc(F)cc3I)n[nH]2)c1. The maximum Gasteiger partial charge on any atom is 0.257 e. The van der Waals surface area contributed by atoms with Gasteiger partial charge in [-0.05, 0) is 66.8 Å². The number of aromatic amines is 1. The lowest BCUT2D eigenvalue weighted by atomic mass is 10.1. The summed E-state index contributed by atoms with van der Waals surface area (Å²) in [6, 6.07) is 12.0. The molecule has 0 aliphatic rings. The zero-order chi connectivity index (χ0) is 17.3. The first-order valence-electron chi connectivity index (χ1n) is 7.33. The van der Waals surface area contributed by atoms with Crippen molar-refractivity contribution in [3.8, 4) is 11.3 Å². The fraction of sp³-hybridized carbons (Fsp3) is 0.111.